The summed E-state index contributed by atoms with van der Waals surface area (Å²) in [4.78, 5) is 9.00. The number of hydrogen-bond acceptors (Lipinski definition) is 2. The van der Waals surface area contributed by atoms with Crippen LogP contribution in [-0.2, 0) is 4.79 Å². The summed E-state index contributed by atoms with van der Waals surface area (Å²) in [6.07, 6.45) is -1.23. The van der Waals surface area contributed by atoms with E-state index in [1.807, 2.05) is 0 Å². The van der Waals surface area contributed by atoms with E-state index in [2.05, 4.69) is 0 Å². The number of aliphatic carboxylic acids is 1. The Morgan fingerprint density at radius 3 is 2.00 bits per heavy atom. The van der Waals surface area contributed by atoms with Crippen molar-refractivity contribution in [1.29, 1.82) is 0 Å². The predicted molar refractivity (Wildman–Crippen MR) is 75.0 cm³/mol. The average Bonchev–Trinajstić information content (AvgIpc) is 2.19. The number of rotatable bonds is 1. The monoisotopic (exact) mass is 352 g/mol. The summed E-state index contributed by atoms with van der Waals surface area (Å²) < 4.78 is -1.78. The molecule has 18 heavy (non-hydrogen) atoms. The van der Waals surface area contributed by atoms with Gasteiger partial charge in [0.1, 0.15) is 6.10 Å². The quantitative estimate of drug-likeness (QED) is 0.731. The van der Waals surface area contributed by atoms with Gasteiger partial charge in [0.25, 0.3) is 5.97 Å². The highest BCUT2D eigenvalue weighted by Crippen LogP contribution is 2.40. The molecule has 8 heteroatoms. The lowest BCUT2D eigenvalue weighted by Gasteiger charge is -2.19. The van der Waals surface area contributed by atoms with E-state index in [0.29, 0.717) is 15.6 Å². The first-order valence-electron chi connectivity index (χ1n) is 4.45. The SMILES string of the molecule is CC(=O)O.OC(c1ccc(Cl)c(Cl)c1)C(Cl)(Cl)Cl. The highest BCUT2D eigenvalue weighted by Gasteiger charge is 2.32. The van der Waals surface area contributed by atoms with E-state index in [4.69, 9.17) is 67.9 Å². The topological polar surface area (TPSA) is 57.5 Å². The smallest absolute Gasteiger partial charge is 0.300 e. The first kappa shape index (κ1) is 18.1. The van der Waals surface area contributed by atoms with Gasteiger partial charge in [-0.05, 0) is 17.7 Å². The van der Waals surface area contributed by atoms with Crippen LogP contribution in [0.25, 0.3) is 0 Å². The molecular formula is C10H9Cl5O3. The molecule has 0 aliphatic rings. The summed E-state index contributed by atoms with van der Waals surface area (Å²) in [6.45, 7) is 1.08. The molecule has 0 aliphatic heterocycles. The summed E-state index contributed by atoms with van der Waals surface area (Å²) in [5.74, 6) is -0.833. The summed E-state index contributed by atoms with van der Waals surface area (Å²) >= 11 is 28.0. The maximum atomic E-state index is 9.57. The van der Waals surface area contributed by atoms with E-state index in [-0.39, 0.29) is 0 Å². The predicted octanol–water partition coefficient (Wildman–Crippen LogP) is 4.49. The number of carboxylic acids is 1. The Labute approximate surface area is 129 Å². The molecular weight excluding hydrogens is 345 g/mol. The fourth-order valence-electron chi connectivity index (χ4n) is 0.871. The van der Waals surface area contributed by atoms with Crippen LogP contribution in [0, 0.1) is 0 Å². The molecule has 2 N–H and O–H groups in total. The van der Waals surface area contributed by atoms with Crippen LogP contribution in [0.4, 0.5) is 0 Å². The molecule has 1 unspecified atom stereocenters. The van der Waals surface area contributed by atoms with Gasteiger partial charge < -0.3 is 10.2 Å². The molecule has 0 fully saturated rings. The zero-order valence-corrected chi connectivity index (χ0v) is 12.8. The molecule has 0 saturated heterocycles. The number of hydrogen-bond donors (Lipinski definition) is 2. The molecule has 1 aromatic carbocycles. The normalized spacial score (nSPS) is 12.4. The number of aliphatic hydroxyl groups is 1. The van der Waals surface area contributed by atoms with Crippen LogP contribution in [0.3, 0.4) is 0 Å². The van der Waals surface area contributed by atoms with Crippen LogP contribution in [0.1, 0.15) is 18.6 Å². The highest BCUT2D eigenvalue weighted by atomic mass is 35.6. The van der Waals surface area contributed by atoms with Gasteiger partial charge in [-0.3, -0.25) is 4.79 Å². The molecule has 0 radical (unpaired) electrons. The van der Waals surface area contributed by atoms with E-state index < -0.39 is 15.9 Å². The van der Waals surface area contributed by atoms with Crippen molar-refractivity contribution in [2.45, 2.75) is 16.8 Å². The van der Waals surface area contributed by atoms with Crippen LogP contribution < -0.4 is 0 Å². The number of aliphatic hydroxyl groups excluding tert-OH is 1. The van der Waals surface area contributed by atoms with E-state index in [1.165, 1.54) is 12.1 Å². The summed E-state index contributed by atoms with van der Waals surface area (Å²) in [6, 6.07) is 4.52. The second kappa shape index (κ2) is 7.63. The Bertz CT molecular complexity index is 412. The molecule has 0 bridgehead atoms. The first-order chi connectivity index (χ1) is 8.05. The molecule has 0 aliphatic carbocycles. The van der Waals surface area contributed by atoms with Gasteiger partial charge in [-0.1, -0.05) is 64.1 Å². The Morgan fingerprint density at radius 2 is 1.67 bits per heavy atom. The number of carboxylic acid groups (broad SMARTS) is 1. The number of benzene rings is 1. The van der Waals surface area contributed by atoms with Crippen LogP contribution in [0.15, 0.2) is 18.2 Å². The van der Waals surface area contributed by atoms with Gasteiger partial charge in [-0.25, -0.2) is 0 Å². The van der Waals surface area contributed by atoms with Gasteiger partial charge in [0.2, 0.25) is 3.79 Å². The van der Waals surface area contributed by atoms with Crippen LogP contribution >= 0.6 is 58.0 Å². The van der Waals surface area contributed by atoms with E-state index >= 15 is 0 Å². The van der Waals surface area contributed by atoms with Gasteiger partial charge in [-0.2, -0.15) is 0 Å². The molecule has 0 saturated carbocycles. The van der Waals surface area contributed by atoms with Crippen molar-refractivity contribution in [3.63, 3.8) is 0 Å². The average molecular weight is 354 g/mol. The van der Waals surface area contributed by atoms with Crippen molar-refractivity contribution in [3.8, 4) is 0 Å². The van der Waals surface area contributed by atoms with Gasteiger partial charge >= 0.3 is 0 Å². The maximum absolute atomic E-state index is 9.57. The Hall–Kier alpha value is 0.1000. The third kappa shape index (κ3) is 6.88. The molecule has 0 spiro atoms. The largest absolute Gasteiger partial charge is 0.481 e. The third-order valence-corrected chi connectivity index (χ3v) is 2.93. The standard InChI is InChI=1S/C8H5Cl5O.C2H4O2/c9-5-2-1-4(3-6(5)10)7(14)8(11,12)13;1-2(3)4/h1-3,7,14H;1H3,(H,3,4). The van der Waals surface area contributed by atoms with Crippen LogP contribution in [0.2, 0.25) is 10.0 Å². The second-order valence-corrected chi connectivity index (χ2v) is 6.32. The van der Waals surface area contributed by atoms with E-state index in [9.17, 15) is 5.11 Å². The molecule has 0 heterocycles. The van der Waals surface area contributed by atoms with Crippen LogP contribution in [0.5, 0.6) is 0 Å². The molecule has 1 aromatic rings. The Morgan fingerprint density at radius 1 is 1.22 bits per heavy atom. The van der Waals surface area contributed by atoms with Crippen molar-refractivity contribution in [3.05, 3.63) is 33.8 Å². The van der Waals surface area contributed by atoms with Gasteiger partial charge in [0, 0.05) is 6.92 Å². The fraction of sp³-hybridized carbons (Fsp3) is 0.300. The fourth-order valence-corrected chi connectivity index (χ4v) is 1.56. The molecule has 102 valence electrons. The lowest BCUT2D eigenvalue weighted by molar-refractivity contribution is -0.134. The summed E-state index contributed by atoms with van der Waals surface area (Å²) in [5.41, 5.74) is 0.402. The van der Waals surface area contributed by atoms with Crippen molar-refractivity contribution in [1.82, 2.24) is 0 Å². The van der Waals surface area contributed by atoms with Gasteiger partial charge in [-0.15, -0.1) is 0 Å². The number of carbonyl (C=O) groups is 1. The van der Waals surface area contributed by atoms with E-state index in [0.717, 1.165) is 6.92 Å². The van der Waals surface area contributed by atoms with Crippen LogP contribution in [-0.4, -0.2) is 20.0 Å². The second-order valence-electron chi connectivity index (χ2n) is 3.14. The van der Waals surface area contributed by atoms with Crippen molar-refractivity contribution >= 4 is 64.0 Å². The van der Waals surface area contributed by atoms with E-state index in [1.54, 1.807) is 6.07 Å². The first-order valence-corrected chi connectivity index (χ1v) is 6.34. The molecule has 0 aromatic heterocycles. The minimum atomic E-state index is -1.78. The molecule has 1 rings (SSSR count). The summed E-state index contributed by atoms with van der Waals surface area (Å²) in [7, 11) is 0. The molecule has 0 amide bonds. The molecule has 3 nitrogen and oxygen atoms in total. The van der Waals surface area contributed by atoms with Gasteiger partial charge in [0.15, 0.2) is 0 Å². The number of alkyl halides is 3. The zero-order chi connectivity index (χ0) is 14.5. The Balaban J connectivity index is 0.000000631. The highest BCUT2D eigenvalue weighted by molar-refractivity contribution is 6.68. The van der Waals surface area contributed by atoms with Crippen molar-refractivity contribution in [2.75, 3.05) is 0 Å². The maximum Gasteiger partial charge on any atom is 0.300 e. The minimum Gasteiger partial charge on any atom is -0.481 e. The minimum absolute atomic E-state index is 0.303. The van der Waals surface area contributed by atoms with Crippen molar-refractivity contribution in [2.24, 2.45) is 0 Å². The van der Waals surface area contributed by atoms with Crippen molar-refractivity contribution < 1.29 is 15.0 Å². The Kier molecular flexibility index (Phi) is 7.67. The zero-order valence-electron chi connectivity index (χ0n) is 9.00. The molecule has 1 atom stereocenters. The van der Waals surface area contributed by atoms with Gasteiger partial charge in [0.05, 0.1) is 10.0 Å². The summed E-state index contributed by atoms with van der Waals surface area (Å²) in [5, 5.41) is 17.7. The lowest BCUT2D eigenvalue weighted by Crippen LogP contribution is -2.16. The lowest BCUT2D eigenvalue weighted by atomic mass is 10.1. The third-order valence-electron chi connectivity index (χ3n) is 1.57. The number of halogens is 5.